The zero-order valence-corrected chi connectivity index (χ0v) is 9.23. The fraction of sp³-hybridized carbons (Fsp3) is 1.00. The van der Waals surface area contributed by atoms with Crippen molar-refractivity contribution >= 4 is 0 Å². The second kappa shape index (κ2) is 5.72. The van der Waals surface area contributed by atoms with Crippen molar-refractivity contribution in [2.45, 2.75) is 63.5 Å². The van der Waals surface area contributed by atoms with Gasteiger partial charge in [-0.15, -0.1) is 0 Å². The molecule has 2 rings (SSSR count). The smallest absolute Gasteiger partial charge is 0.0207 e. The van der Waals surface area contributed by atoms with Crippen LogP contribution in [0.25, 0.3) is 0 Å². The Morgan fingerprint density at radius 1 is 0.786 bits per heavy atom. The first-order valence-corrected chi connectivity index (χ1v) is 6.42. The van der Waals surface area contributed by atoms with Gasteiger partial charge in [-0.2, -0.15) is 0 Å². The van der Waals surface area contributed by atoms with Crippen molar-refractivity contribution in [2.24, 2.45) is 0 Å². The molecule has 2 N–H and O–H groups in total. The molecule has 2 aliphatic rings. The summed E-state index contributed by atoms with van der Waals surface area (Å²) in [5.74, 6) is 0. The number of rotatable bonds is 2. The summed E-state index contributed by atoms with van der Waals surface area (Å²) in [6, 6.07) is 1.58. The third-order valence-electron chi connectivity index (χ3n) is 3.64. The largest absolute Gasteiger partial charge is 0.315 e. The van der Waals surface area contributed by atoms with Gasteiger partial charge in [-0.25, -0.2) is 0 Å². The van der Waals surface area contributed by atoms with Crippen LogP contribution in [0.4, 0.5) is 0 Å². The normalized spacial score (nSPS) is 31.3. The molecule has 0 radical (unpaired) electrons. The molecule has 0 spiro atoms. The van der Waals surface area contributed by atoms with Gasteiger partial charge in [-0.1, -0.05) is 32.1 Å². The zero-order chi connectivity index (χ0) is 9.64. The average Bonchev–Trinajstić information content (AvgIpc) is 2.62. The Bertz CT molecular complexity index is 144. The molecule has 1 heterocycles. The number of hydrogen-bond donors (Lipinski definition) is 2. The standard InChI is InChI=1S/C12H24N2/c1-2-4-6-11(7-5-3-1)14-12-8-9-13-10-12/h11-14H,1-10H2. The Kier molecular flexibility index (Phi) is 4.26. The van der Waals surface area contributed by atoms with Gasteiger partial charge in [0.15, 0.2) is 0 Å². The molecule has 2 nitrogen and oxygen atoms in total. The third kappa shape index (κ3) is 3.25. The van der Waals surface area contributed by atoms with E-state index in [1.165, 1.54) is 64.5 Å². The zero-order valence-electron chi connectivity index (χ0n) is 9.23. The van der Waals surface area contributed by atoms with E-state index in [9.17, 15) is 0 Å². The van der Waals surface area contributed by atoms with Crippen molar-refractivity contribution in [3.63, 3.8) is 0 Å². The van der Waals surface area contributed by atoms with Gasteiger partial charge in [0, 0.05) is 18.6 Å². The predicted molar refractivity (Wildman–Crippen MR) is 60.5 cm³/mol. The van der Waals surface area contributed by atoms with E-state index in [4.69, 9.17) is 0 Å². The summed E-state index contributed by atoms with van der Waals surface area (Å²) in [4.78, 5) is 0. The minimum atomic E-state index is 0.763. The molecular formula is C12H24N2. The van der Waals surface area contributed by atoms with Gasteiger partial charge >= 0.3 is 0 Å². The summed E-state index contributed by atoms with van der Waals surface area (Å²) >= 11 is 0. The first kappa shape index (κ1) is 10.4. The van der Waals surface area contributed by atoms with Gasteiger partial charge in [0.25, 0.3) is 0 Å². The average molecular weight is 196 g/mol. The highest BCUT2D eigenvalue weighted by atomic mass is 15.0. The van der Waals surface area contributed by atoms with Crippen molar-refractivity contribution < 1.29 is 0 Å². The molecule has 1 atom stereocenters. The highest BCUT2D eigenvalue weighted by molar-refractivity contribution is 4.81. The summed E-state index contributed by atoms with van der Waals surface area (Å²) in [5, 5.41) is 7.25. The summed E-state index contributed by atoms with van der Waals surface area (Å²) in [5.41, 5.74) is 0. The van der Waals surface area contributed by atoms with Gasteiger partial charge in [-0.3, -0.25) is 0 Å². The maximum atomic E-state index is 3.82. The molecule has 0 amide bonds. The lowest BCUT2D eigenvalue weighted by Crippen LogP contribution is -2.39. The lowest BCUT2D eigenvalue weighted by atomic mass is 9.96. The maximum Gasteiger partial charge on any atom is 0.0207 e. The van der Waals surface area contributed by atoms with Crippen LogP contribution in [0.5, 0.6) is 0 Å². The van der Waals surface area contributed by atoms with Gasteiger partial charge in [0.2, 0.25) is 0 Å². The molecule has 0 bridgehead atoms. The van der Waals surface area contributed by atoms with E-state index in [1.807, 2.05) is 0 Å². The van der Waals surface area contributed by atoms with E-state index in [-0.39, 0.29) is 0 Å². The molecule has 1 aliphatic heterocycles. The van der Waals surface area contributed by atoms with E-state index in [1.54, 1.807) is 0 Å². The number of nitrogens with one attached hydrogen (secondary N) is 2. The van der Waals surface area contributed by atoms with Gasteiger partial charge in [0.05, 0.1) is 0 Å². The summed E-state index contributed by atoms with van der Waals surface area (Å²) in [6.07, 6.45) is 11.4. The first-order valence-electron chi connectivity index (χ1n) is 6.42. The van der Waals surface area contributed by atoms with E-state index in [0.29, 0.717) is 0 Å². The molecule has 82 valence electrons. The Morgan fingerprint density at radius 2 is 1.50 bits per heavy atom. The van der Waals surface area contributed by atoms with E-state index < -0.39 is 0 Å². The molecule has 14 heavy (non-hydrogen) atoms. The van der Waals surface area contributed by atoms with Crippen molar-refractivity contribution in [2.75, 3.05) is 13.1 Å². The van der Waals surface area contributed by atoms with E-state index in [0.717, 1.165) is 12.1 Å². The molecule has 0 aromatic heterocycles. The Balaban J connectivity index is 1.70. The highest BCUT2D eigenvalue weighted by Crippen LogP contribution is 2.18. The van der Waals surface area contributed by atoms with Crippen LogP contribution in [0.1, 0.15) is 51.4 Å². The van der Waals surface area contributed by atoms with Crippen molar-refractivity contribution in [1.29, 1.82) is 0 Å². The molecule has 0 aromatic carbocycles. The first-order chi connectivity index (χ1) is 6.95. The Labute approximate surface area is 87.8 Å². The minimum Gasteiger partial charge on any atom is -0.315 e. The SMILES string of the molecule is C1CCCC(NC2CCNC2)CCC1. The third-order valence-corrected chi connectivity index (χ3v) is 3.64. The Morgan fingerprint density at radius 3 is 2.14 bits per heavy atom. The maximum absolute atomic E-state index is 3.82. The molecule has 1 saturated carbocycles. The van der Waals surface area contributed by atoms with Gasteiger partial charge < -0.3 is 10.6 Å². The lowest BCUT2D eigenvalue weighted by molar-refractivity contribution is 0.359. The monoisotopic (exact) mass is 196 g/mol. The van der Waals surface area contributed by atoms with E-state index >= 15 is 0 Å². The molecule has 0 aromatic rings. The van der Waals surface area contributed by atoms with E-state index in [2.05, 4.69) is 10.6 Å². The van der Waals surface area contributed by atoms with Crippen molar-refractivity contribution in [3.05, 3.63) is 0 Å². The topological polar surface area (TPSA) is 24.1 Å². The second-order valence-corrected chi connectivity index (χ2v) is 4.90. The summed E-state index contributed by atoms with van der Waals surface area (Å²) in [7, 11) is 0. The molecule has 1 saturated heterocycles. The summed E-state index contributed by atoms with van der Waals surface area (Å²) < 4.78 is 0. The molecule has 1 aliphatic carbocycles. The van der Waals surface area contributed by atoms with Crippen molar-refractivity contribution in [3.8, 4) is 0 Å². The van der Waals surface area contributed by atoms with Crippen LogP contribution in [-0.4, -0.2) is 25.2 Å². The fourth-order valence-corrected chi connectivity index (χ4v) is 2.75. The highest BCUT2D eigenvalue weighted by Gasteiger charge is 2.18. The minimum absolute atomic E-state index is 0.763. The van der Waals surface area contributed by atoms with Crippen LogP contribution in [0, 0.1) is 0 Å². The lowest BCUT2D eigenvalue weighted by Gasteiger charge is -2.24. The van der Waals surface area contributed by atoms with Crippen LogP contribution >= 0.6 is 0 Å². The van der Waals surface area contributed by atoms with Gasteiger partial charge in [0.1, 0.15) is 0 Å². The molecule has 1 unspecified atom stereocenters. The fourth-order valence-electron chi connectivity index (χ4n) is 2.75. The molecule has 2 fully saturated rings. The quantitative estimate of drug-likeness (QED) is 0.706. The van der Waals surface area contributed by atoms with Crippen LogP contribution in [-0.2, 0) is 0 Å². The van der Waals surface area contributed by atoms with Gasteiger partial charge in [-0.05, 0) is 25.8 Å². The Hall–Kier alpha value is -0.0800. The molecule has 2 heteroatoms. The van der Waals surface area contributed by atoms with Crippen LogP contribution in [0.15, 0.2) is 0 Å². The second-order valence-electron chi connectivity index (χ2n) is 4.90. The predicted octanol–water partition coefficient (Wildman–Crippen LogP) is 2.05. The van der Waals surface area contributed by atoms with Crippen LogP contribution in [0.3, 0.4) is 0 Å². The molecular weight excluding hydrogens is 172 g/mol. The van der Waals surface area contributed by atoms with Crippen LogP contribution < -0.4 is 10.6 Å². The van der Waals surface area contributed by atoms with Crippen molar-refractivity contribution in [1.82, 2.24) is 10.6 Å². The summed E-state index contributed by atoms with van der Waals surface area (Å²) in [6.45, 7) is 2.40. The van der Waals surface area contributed by atoms with Crippen LogP contribution in [0.2, 0.25) is 0 Å². The number of hydrogen-bond acceptors (Lipinski definition) is 2.